The first-order valence-electron chi connectivity index (χ1n) is 10.9. The molecular weight excluding hydrogens is 514 g/mol. The van der Waals surface area contributed by atoms with Crippen LogP contribution in [0.4, 0.5) is 5.69 Å². The molecule has 0 aliphatic carbocycles. The number of nitrogens with one attached hydrogen (secondary N) is 2. The Bertz CT molecular complexity index is 1490. The van der Waals surface area contributed by atoms with Crippen molar-refractivity contribution in [3.63, 3.8) is 0 Å². The smallest absolute Gasteiger partial charge is 0.251 e. The van der Waals surface area contributed by atoms with Gasteiger partial charge in [-0.05, 0) is 49.0 Å². The zero-order valence-corrected chi connectivity index (χ0v) is 20.5. The van der Waals surface area contributed by atoms with Crippen molar-refractivity contribution < 1.29 is 4.79 Å². The van der Waals surface area contributed by atoms with Gasteiger partial charge in [0.05, 0.1) is 17.1 Å². The average molecular weight is 533 g/mol. The Labute approximate surface area is 209 Å². The van der Waals surface area contributed by atoms with Gasteiger partial charge in [-0.1, -0.05) is 57.9 Å². The van der Waals surface area contributed by atoms with Gasteiger partial charge in [-0.2, -0.15) is 5.26 Å². The van der Waals surface area contributed by atoms with Crippen LogP contribution in [0.2, 0.25) is 5.02 Å². The topological polar surface area (TPSA) is 84.8 Å². The van der Waals surface area contributed by atoms with Crippen molar-refractivity contribution in [1.29, 1.82) is 5.26 Å². The zero-order chi connectivity index (χ0) is 23.7. The van der Waals surface area contributed by atoms with Crippen LogP contribution in [-0.2, 0) is 15.7 Å². The number of likely N-dealkylation sites (N-methyl/N-ethyl adjacent to an activating group) is 1. The van der Waals surface area contributed by atoms with Crippen LogP contribution >= 0.6 is 27.5 Å². The predicted octanol–water partition coefficient (Wildman–Crippen LogP) is 5.32. The van der Waals surface area contributed by atoms with Gasteiger partial charge in [-0.25, -0.2) is 4.98 Å². The second kappa shape index (κ2) is 7.41. The summed E-state index contributed by atoms with van der Waals surface area (Å²) in [6, 6.07) is 23.5. The molecule has 4 aromatic rings. The number of nitrogens with zero attached hydrogens (tertiary/aromatic N) is 3. The van der Waals surface area contributed by atoms with Gasteiger partial charge in [0.1, 0.15) is 5.82 Å². The van der Waals surface area contributed by atoms with Crippen LogP contribution in [0.1, 0.15) is 22.9 Å². The highest BCUT2D eigenvalue weighted by atomic mass is 79.9. The number of hydrogen-bond acceptors (Lipinski definition) is 4. The first-order chi connectivity index (χ1) is 16.4. The predicted molar refractivity (Wildman–Crippen MR) is 135 cm³/mol. The number of aromatic amines is 1. The van der Waals surface area contributed by atoms with E-state index in [0.717, 1.165) is 26.6 Å². The molecule has 3 heterocycles. The van der Waals surface area contributed by atoms with E-state index in [0.29, 0.717) is 23.1 Å². The zero-order valence-electron chi connectivity index (χ0n) is 18.1. The number of H-pyrrole nitrogens is 1. The number of fused-ring (bicyclic) bond motifs is 3. The molecule has 3 atom stereocenters. The molecule has 1 saturated heterocycles. The van der Waals surface area contributed by atoms with Gasteiger partial charge in [0.2, 0.25) is 0 Å². The number of amides is 1. The van der Waals surface area contributed by atoms with E-state index in [-0.39, 0.29) is 5.91 Å². The number of imidazole rings is 1. The normalized spacial score (nSPS) is 26.1. The second-order valence-electron chi connectivity index (χ2n) is 8.83. The summed E-state index contributed by atoms with van der Waals surface area (Å²) in [5, 5.41) is 14.7. The molecule has 0 radical (unpaired) electrons. The van der Waals surface area contributed by atoms with E-state index in [1.54, 1.807) is 0 Å². The number of rotatable bonds is 2. The molecule has 0 unspecified atom stereocenters. The summed E-state index contributed by atoms with van der Waals surface area (Å²) >= 11 is 10.3. The first kappa shape index (κ1) is 21.4. The van der Waals surface area contributed by atoms with Crippen LogP contribution in [0, 0.1) is 11.3 Å². The molecule has 2 aliphatic heterocycles. The van der Waals surface area contributed by atoms with Crippen LogP contribution in [-0.4, -0.2) is 34.4 Å². The maximum atomic E-state index is 14.0. The van der Waals surface area contributed by atoms with Crippen molar-refractivity contribution in [3.05, 3.63) is 93.2 Å². The fraction of sp³-hybridized carbons (Fsp3) is 0.192. The average Bonchev–Trinajstić information content (AvgIpc) is 3.47. The number of aromatic nitrogens is 2. The molecule has 8 heteroatoms. The van der Waals surface area contributed by atoms with Crippen molar-refractivity contribution >= 4 is 50.2 Å². The van der Waals surface area contributed by atoms with Gasteiger partial charge in [-0.15, -0.1) is 0 Å². The van der Waals surface area contributed by atoms with Crippen molar-refractivity contribution in [2.45, 2.75) is 16.9 Å². The molecule has 1 amide bonds. The molecule has 1 fully saturated rings. The molecule has 3 aromatic carbocycles. The van der Waals surface area contributed by atoms with Gasteiger partial charge in [0, 0.05) is 33.2 Å². The standard InChI is InChI=1S/C26H19BrClN5O/c1-33-13-18(16-6-2-3-7-19(16)28)25(14-29,23-30-21-8-4-5-9-22(21)31-23)26(33)17-12-15(27)10-11-20(17)32-24(26)34/h2-12,18H,13H2,1H3,(H,30,31)(H,32,34)/t18-,25-,26+/m1/s1. The number of carbonyl (C=O) groups excluding carboxylic acids is 1. The number of likely N-dealkylation sites (tertiary alicyclic amines) is 1. The Hall–Kier alpha value is -3.18. The van der Waals surface area contributed by atoms with Crippen LogP contribution < -0.4 is 5.32 Å². The molecule has 0 bridgehead atoms. The minimum absolute atomic E-state index is 0.250. The van der Waals surface area contributed by atoms with E-state index < -0.39 is 16.9 Å². The first-order valence-corrected chi connectivity index (χ1v) is 12.0. The quantitative estimate of drug-likeness (QED) is 0.366. The second-order valence-corrected chi connectivity index (χ2v) is 10.2. The molecular formula is C26H19BrClN5O. The molecule has 168 valence electrons. The molecule has 6 rings (SSSR count). The lowest BCUT2D eigenvalue weighted by Crippen LogP contribution is -2.57. The highest BCUT2D eigenvalue weighted by Crippen LogP contribution is 2.62. The fourth-order valence-corrected chi connectivity index (χ4v) is 6.54. The molecule has 1 spiro atoms. The van der Waals surface area contributed by atoms with Gasteiger partial charge >= 0.3 is 0 Å². The summed E-state index contributed by atoms with van der Waals surface area (Å²) in [7, 11) is 1.89. The summed E-state index contributed by atoms with van der Waals surface area (Å²) in [6.45, 7) is 0.438. The summed E-state index contributed by atoms with van der Waals surface area (Å²) < 4.78 is 0.827. The van der Waals surface area contributed by atoms with E-state index in [2.05, 4.69) is 32.3 Å². The maximum absolute atomic E-state index is 14.0. The lowest BCUT2D eigenvalue weighted by atomic mass is 9.61. The number of halogens is 2. The summed E-state index contributed by atoms with van der Waals surface area (Å²) in [5.41, 5.74) is 1.08. The van der Waals surface area contributed by atoms with Crippen molar-refractivity contribution in [2.75, 3.05) is 18.9 Å². The van der Waals surface area contributed by atoms with Crippen molar-refractivity contribution in [2.24, 2.45) is 0 Å². The third-order valence-electron chi connectivity index (χ3n) is 7.29. The minimum atomic E-state index is -1.39. The summed E-state index contributed by atoms with van der Waals surface area (Å²) in [5.74, 6) is -0.222. The Morgan fingerprint density at radius 2 is 1.94 bits per heavy atom. The van der Waals surface area contributed by atoms with E-state index >= 15 is 0 Å². The van der Waals surface area contributed by atoms with Gasteiger partial charge in [-0.3, -0.25) is 9.69 Å². The number of carbonyl (C=O) groups is 1. The molecule has 34 heavy (non-hydrogen) atoms. The molecule has 6 nitrogen and oxygen atoms in total. The van der Waals surface area contributed by atoms with Gasteiger partial charge in [0.15, 0.2) is 11.0 Å². The summed E-state index contributed by atoms with van der Waals surface area (Å²) in [6.07, 6.45) is 0. The Kier molecular flexibility index (Phi) is 4.65. The number of benzene rings is 3. The Balaban J connectivity index is 1.75. The monoisotopic (exact) mass is 531 g/mol. The maximum Gasteiger partial charge on any atom is 0.251 e. The Morgan fingerprint density at radius 1 is 1.18 bits per heavy atom. The number of para-hydroxylation sites is 2. The molecule has 0 saturated carbocycles. The minimum Gasteiger partial charge on any atom is -0.341 e. The largest absolute Gasteiger partial charge is 0.341 e. The highest BCUT2D eigenvalue weighted by Gasteiger charge is 2.73. The number of nitriles is 1. The third kappa shape index (κ3) is 2.53. The van der Waals surface area contributed by atoms with Crippen LogP contribution in [0.3, 0.4) is 0 Å². The Morgan fingerprint density at radius 3 is 2.71 bits per heavy atom. The number of hydrogen-bond donors (Lipinski definition) is 2. The third-order valence-corrected chi connectivity index (χ3v) is 8.13. The lowest BCUT2D eigenvalue weighted by Gasteiger charge is -2.41. The lowest BCUT2D eigenvalue weighted by molar-refractivity contribution is -0.127. The van der Waals surface area contributed by atoms with Gasteiger partial charge in [0.25, 0.3) is 5.91 Å². The summed E-state index contributed by atoms with van der Waals surface area (Å²) in [4.78, 5) is 24.3. The van der Waals surface area contributed by atoms with Crippen LogP contribution in [0.5, 0.6) is 0 Å². The van der Waals surface area contributed by atoms with E-state index in [1.807, 2.05) is 78.7 Å². The van der Waals surface area contributed by atoms with Crippen LogP contribution in [0.25, 0.3) is 11.0 Å². The SMILES string of the molecule is CN1C[C@H](c2ccccc2Cl)[C@](C#N)(c2nc3ccccc3[nH]2)[C@]12C(=O)Nc1ccc(Br)cc12. The van der Waals surface area contributed by atoms with Crippen molar-refractivity contribution in [3.8, 4) is 6.07 Å². The highest BCUT2D eigenvalue weighted by molar-refractivity contribution is 9.10. The van der Waals surface area contributed by atoms with Gasteiger partial charge < -0.3 is 10.3 Å². The number of anilines is 1. The van der Waals surface area contributed by atoms with E-state index in [9.17, 15) is 10.1 Å². The van der Waals surface area contributed by atoms with E-state index in [4.69, 9.17) is 16.6 Å². The van der Waals surface area contributed by atoms with Crippen molar-refractivity contribution in [1.82, 2.24) is 14.9 Å². The molecule has 2 N–H and O–H groups in total. The molecule has 1 aromatic heterocycles. The van der Waals surface area contributed by atoms with Crippen LogP contribution in [0.15, 0.2) is 71.2 Å². The van der Waals surface area contributed by atoms with E-state index in [1.165, 1.54) is 0 Å². The fourth-order valence-electron chi connectivity index (χ4n) is 5.91. The molecule has 2 aliphatic rings.